The summed E-state index contributed by atoms with van der Waals surface area (Å²) in [5, 5.41) is 5.52. The van der Waals surface area contributed by atoms with Crippen molar-refractivity contribution in [2.24, 2.45) is 0 Å². The van der Waals surface area contributed by atoms with E-state index in [4.69, 9.17) is 0 Å². The number of benzene rings is 1. The van der Waals surface area contributed by atoms with Gasteiger partial charge in [0.2, 0.25) is 5.91 Å². The van der Waals surface area contributed by atoms with Gasteiger partial charge in [-0.25, -0.2) is 8.42 Å². The average Bonchev–Trinajstić information content (AvgIpc) is 3.33. The molecular weight excluding hydrogens is 398 g/mol. The Balaban J connectivity index is 1.67. The normalized spacial score (nSPS) is 14.8. The number of anilines is 1. The number of amides is 2. The number of carbonyl (C=O) groups excluding carboxylic acids is 2. The van der Waals surface area contributed by atoms with Gasteiger partial charge in [0.05, 0.1) is 6.54 Å². The molecule has 28 heavy (non-hydrogen) atoms. The molecule has 1 aliphatic heterocycles. The van der Waals surface area contributed by atoms with E-state index in [1.807, 2.05) is 0 Å². The molecule has 7 nitrogen and oxygen atoms in total. The number of hydrogen-bond donors (Lipinski definition) is 2. The molecule has 0 saturated carbocycles. The van der Waals surface area contributed by atoms with Crippen LogP contribution in [0.25, 0.3) is 0 Å². The predicted molar refractivity (Wildman–Crippen MR) is 109 cm³/mol. The van der Waals surface area contributed by atoms with Gasteiger partial charge in [-0.05, 0) is 49.6 Å². The predicted octanol–water partition coefficient (Wildman–Crippen LogP) is 2.73. The van der Waals surface area contributed by atoms with Gasteiger partial charge in [0.1, 0.15) is 4.21 Å². The van der Waals surface area contributed by atoms with Crippen molar-refractivity contribution in [3.63, 3.8) is 0 Å². The summed E-state index contributed by atoms with van der Waals surface area (Å²) in [5.74, 6) is -0.479. The first-order valence-corrected chi connectivity index (χ1v) is 11.3. The molecule has 0 bridgehead atoms. The fraction of sp³-hybridized carbons (Fsp3) is 0.368. The van der Waals surface area contributed by atoms with Crippen molar-refractivity contribution in [1.82, 2.24) is 9.62 Å². The van der Waals surface area contributed by atoms with Crippen LogP contribution in [0.1, 0.15) is 40.6 Å². The first-order chi connectivity index (χ1) is 13.3. The van der Waals surface area contributed by atoms with E-state index in [0.29, 0.717) is 34.1 Å². The summed E-state index contributed by atoms with van der Waals surface area (Å²) in [4.78, 5) is 24.6. The minimum atomic E-state index is -3.43. The van der Waals surface area contributed by atoms with Crippen molar-refractivity contribution in [1.29, 1.82) is 0 Å². The van der Waals surface area contributed by atoms with E-state index in [-0.39, 0.29) is 18.4 Å². The van der Waals surface area contributed by atoms with Crippen LogP contribution in [0.15, 0.2) is 34.5 Å². The zero-order valence-electron chi connectivity index (χ0n) is 15.8. The van der Waals surface area contributed by atoms with Crippen molar-refractivity contribution in [3.8, 4) is 0 Å². The lowest BCUT2D eigenvalue weighted by Gasteiger charge is -2.13. The van der Waals surface area contributed by atoms with E-state index in [2.05, 4.69) is 10.6 Å². The van der Waals surface area contributed by atoms with Gasteiger partial charge < -0.3 is 10.6 Å². The van der Waals surface area contributed by atoms with Gasteiger partial charge in [-0.15, -0.1) is 11.3 Å². The van der Waals surface area contributed by atoms with Crippen LogP contribution in [-0.4, -0.2) is 37.6 Å². The Morgan fingerprint density at radius 1 is 1.14 bits per heavy atom. The van der Waals surface area contributed by atoms with Crippen LogP contribution in [0.5, 0.6) is 0 Å². The molecular formula is C19H23N3O4S2. The second kappa shape index (κ2) is 8.42. The summed E-state index contributed by atoms with van der Waals surface area (Å²) in [6.45, 7) is 4.55. The van der Waals surface area contributed by atoms with Crippen molar-refractivity contribution < 1.29 is 18.0 Å². The molecule has 150 valence electrons. The van der Waals surface area contributed by atoms with Crippen LogP contribution in [0.3, 0.4) is 0 Å². The van der Waals surface area contributed by atoms with Gasteiger partial charge in [0.15, 0.2) is 0 Å². The molecule has 1 fully saturated rings. The minimum Gasteiger partial charge on any atom is -0.347 e. The molecule has 2 N–H and O–H groups in total. The molecule has 0 aliphatic carbocycles. The molecule has 0 atom stereocenters. The number of nitrogens with zero attached hydrogens (tertiary/aromatic N) is 1. The van der Waals surface area contributed by atoms with Gasteiger partial charge in [-0.3, -0.25) is 9.59 Å². The Morgan fingerprint density at radius 2 is 1.86 bits per heavy atom. The van der Waals surface area contributed by atoms with E-state index in [1.54, 1.807) is 37.3 Å². The second-order valence-corrected chi connectivity index (χ2v) is 10.0. The Morgan fingerprint density at radius 3 is 2.54 bits per heavy atom. The van der Waals surface area contributed by atoms with Gasteiger partial charge in [-0.2, -0.15) is 4.31 Å². The molecule has 0 radical (unpaired) electrons. The lowest BCUT2D eigenvalue weighted by Crippen LogP contribution is -2.27. The highest BCUT2D eigenvalue weighted by molar-refractivity contribution is 7.91. The largest absolute Gasteiger partial charge is 0.347 e. The topological polar surface area (TPSA) is 95.6 Å². The monoisotopic (exact) mass is 421 g/mol. The average molecular weight is 422 g/mol. The van der Waals surface area contributed by atoms with Gasteiger partial charge in [0, 0.05) is 36.1 Å². The van der Waals surface area contributed by atoms with Crippen molar-refractivity contribution in [3.05, 3.63) is 46.3 Å². The highest BCUT2D eigenvalue weighted by Gasteiger charge is 2.28. The first kappa shape index (κ1) is 20.5. The molecule has 1 aliphatic rings. The quantitative estimate of drug-likeness (QED) is 0.750. The van der Waals surface area contributed by atoms with Gasteiger partial charge in [0.25, 0.3) is 15.9 Å². The van der Waals surface area contributed by atoms with Crippen LogP contribution >= 0.6 is 11.3 Å². The first-order valence-electron chi connectivity index (χ1n) is 9.03. The third-order valence-corrected chi connectivity index (χ3v) is 8.06. The lowest BCUT2D eigenvalue weighted by atomic mass is 10.1. The maximum atomic E-state index is 12.6. The fourth-order valence-electron chi connectivity index (χ4n) is 3.12. The maximum absolute atomic E-state index is 12.6. The highest BCUT2D eigenvalue weighted by atomic mass is 32.2. The molecule has 3 rings (SSSR count). The molecule has 2 aromatic rings. The highest BCUT2D eigenvalue weighted by Crippen LogP contribution is 2.27. The number of carbonyl (C=O) groups is 2. The van der Waals surface area contributed by atoms with Crippen molar-refractivity contribution >= 4 is 38.9 Å². The molecule has 1 aromatic carbocycles. The number of nitrogens with one attached hydrogen (secondary N) is 2. The van der Waals surface area contributed by atoms with Crippen LogP contribution in [0, 0.1) is 6.92 Å². The summed E-state index contributed by atoms with van der Waals surface area (Å²) in [6.07, 6.45) is 1.79. The molecule has 2 heterocycles. The van der Waals surface area contributed by atoms with Gasteiger partial charge in [-0.1, -0.05) is 6.07 Å². The number of sulfonamides is 1. The zero-order valence-corrected chi connectivity index (χ0v) is 17.5. The second-order valence-electron chi connectivity index (χ2n) is 6.67. The van der Waals surface area contributed by atoms with Crippen LogP contribution in [0.4, 0.5) is 5.69 Å². The summed E-state index contributed by atoms with van der Waals surface area (Å²) in [5.41, 5.74) is 1.74. The lowest BCUT2D eigenvalue weighted by molar-refractivity contribution is -0.114. The summed E-state index contributed by atoms with van der Waals surface area (Å²) in [7, 11) is -3.43. The number of rotatable bonds is 6. The Kier molecular flexibility index (Phi) is 6.17. The molecule has 0 unspecified atom stereocenters. The van der Waals surface area contributed by atoms with Gasteiger partial charge >= 0.3 is 0 Å². The Hall–Kier alpha value is -2.23. The van der Waals surface area contributed by atoms with Crippen molar-refractivity contribution in [2.45, 2.75) is 37.4 Å². The summed E-state index contributed by atoms with van der Waals surface area (Å²) in [6, 6.07) is 8.46. The Bertz CT molecular complexity index is 992. The number of hydrogen-bond acceptors (Lipinski definition) is 5. The SMILES string of the molecule is CC(=O)Nc1cccc(C(=O)NCc2ccc(S(=O)(=O)N3CCCC3)s2)c1C. The third-order valence-electron chi connectivity index (χ3n) is 4.61. The van der Waals surface area contributed by atoms with E-state index in [1.165, 1.54) is 22.6 Å². The smallest absolute Gasteiger partial charge is 0.252 e. The maximum Gasteiger partial charge on any atom is 0.252 e. The van der Waals surface area contributed by atoms with E-state index < -0.39 is 10.0 Å². The van der Waals surface area contributed by atoms with E-state index in [0.717, 1.165) is 17.7 Å². The standard InChI is InChI=1S/C19H23N3O4S2/c1-13-16(6-5-7-17(13)21-14(2)23)19(24)20-12-15-8-9-18(27-15)28(25,26)22-10-3-4-11-22/h5-9H,3-4,10-12H2,1-2H3,(H,20,24)(H,21,23). The molecule has 0 spiro atoms. The fourth-order valence-corrected chi connectivity index (χ4v) is 6.08. The minimum absolute atomic E-state index is 0.203. The van der Waals surface area contributed by atoms with Crippen LogP contribution in [0.2, 0.25) is 0 Å². The van der Waals surface area contributed by atoms with Crippen LogP contribution < -0.4 is 10.6 Å². The van der Waals surface area contributed by atoms with Crippen molar-refractivity contribution in [2.75, 3.05) is 18.4 Å². The summed E-state index contributed by atoms with van der Waals surface area (Å²) >= 11 is 1.18. The van der Waals surface area contributed by atoms with Crippen LogP contribution in [-0.2, 0) is 21.4 Å². The summed E-state index contributed by atoms with van der Waals surface area (Å²) < 4.78 is 27.0. The molecule has 1 aromatic heterocycles. The number of thiophene rings is 1. The van der Waals surface area contributed by atoms with E-state index in [9.17, 15) is 18.0 Å². The third kappa shape index (κ3) is 4.43. The Labute approximate surface area is 168 Å². The molecule has 2 amide bonds. The molecule has 9 heteroatoms. The zero-order chi connectivity index (χ0) is 20.3. The van der Waals surface area contributed by atoms with E-state index >= 15 is 0 Å². The molecule has 1 saturated heterocycles.